The van der Waals surface area contributed by atoms with Crippen molar-refractivity contribution >= 4 is 11.9 Å². The van der Waals surface area contributed by atoms with Crippen LogP contribution in [-0.2, 0) is 9.59 Å². The molecule has 5 nitrogen and oxygen atoms in total. The highest BCUT2D eigenvalue weighted by Gasteiger charge is 2.28. The molecule has 0 rings (SSSR count). The predicted octanol–water partition coefficient (Wildman–Crippen LogP) is 0.323. The van der Waals surface area contributed by atoms with E-state index in [9.17, 15) is 14.7 Å². The van der Waals surface area contributed by atoms with Crippen molar-refractivity contribution in [2.45, 2.75) is 32.3 Å². The fourth-order valence-electron chi connectivity index (χ4n) is 1.07. The van der Waals surface area contributed by atoms with Crippen molar-refractivity contribution in [1.29, 1.82) is 0 Å². The van der Waals surface area contributed by atoms with Crippen LogP contribution in [-0.4, -0.2) is 33.4 Å². The van der Waals surface area contributed by atoms with E-state index in [4.69, 9.17) is 10.2 Å². The first-order chi connectivity index (χ1) is 5.99. The van der Waals surface area contributed by atoms with E-state index in [0.29, 0.717) is 12.8 Å². The normalized spacial score (nSPS) is 14.9. The van der Waals surface area contributed by atoms with Crippen molar-refractivity contribution in [3.8, 4) is 0 Å². The molecule has 0 radical (unpaired) electrons. The second-order valence-corrected chi connectivity index (χ2v) is 2.90. The van der Waals surface area contributed by atoms with Gasteiger partial charge in [-0.25, -0.2) is 0 Å². The van der Waals surface area contributed by atoms with Crippen LogP contribution in [0.25, 0.3) is 0 Å². The van der Waals surface area contributed by atoms with Crippen LogP contribution >= 0.6 is 0 Å². The lowest BCUT2D eigenvalue weighted by Crippen LogP contribution is -2.30. The monoisotopic (exact) mass is 190 g/mol. The highest BCUT2D eigenvalue weighted by molar-refractivity contribution is 5.78. The standard InChI is InChI=1S/C8H14O5/c1-2-3-6(9)5(8(12)13)4-7(10)11/h5-6,9H,2-4H2,1H3,(H,10,11)(H,12,13). The molecule has 0 amide bonds. The fourth-order valence-corrected chi connectivity index (χ4v) is 1.07. The van der Waals surface area contributed by atoms with Crippen LogP contribution in [0.2, 0.25) is 0 Å². The Morgan fingerprint density at radius 2 is 1.85 bits per heavy atom. The number of aliphatic hydroxyl groups is 1. The summed E-state index contributed by atoms with van der Waals surface area (Å²) in [6.07, 6.45) is -0.663. The molecule has 0 fully saturated rings. The van der Waals surface area contributed by atoms with Gasteiger partial charge in [0, 0.05) is 0 Å². The number of carbonyl (C=O) groups is 2. The molecule has 0 saturated carbocycles. The van der Waals surface area contributed by atoms with Gasteiger partial charge in [0.25, 0.3) is 0 Å². The Morgan fingerprint density at radius 1 is 1.31 bits per heavy atom. The zero-order chi connectivity index (χ0) is 10.4. The largest absolute Gasteiger partial charge is 0.481 e. The lowest BCUT2D eigenvalue weighted by Gasteiger charge is -2.16. The number of aliphatic carboxylic acids is 2. The van der Waals surface area contributed by atoms with Crippen molar-refractivity contribution in [3.05, 3.63) is 0 Å². The molecular formula is C8H14O5. The van der Waals surface area contributed by atoms with Gasteiger partial charge < -0.3 is 15.3 Å². The second kappa shape index (κ2) is 5.53. The number of aliphatic hydroxyl groups excluding tert-OH is 1. The summed E-state index contributed by atoms with van der Waals surface area (Å²) in [5.74, 6) is -3.66. The Balaban J connectivity index is 4.23. The average molecular weight is 190 g/mol. The molecule has 5 heteroatoms. The van der Waals surface area contributed by atoms with Gasteiger partial charge in [-0.05, 0) is 6.42 Å². The molecule has 0 heterocycles. The maximum absolute atomic E-state index is 10.5. The number of hydrogen-bond donors (Lipinski definition) is 3. The molecule has 3 N–H and O–H groups in total. The summed E-state index contributed by atoms with van der Waals surface area (Å²) in [6.45, 7) is 1.79. The summed E-state index contributed by atoms with van der Waals surface area (Å²) in [5, 5.41) is 26.3. The Morgan fingerprint density at radius 3 is 2.15 bits per heavy atom. The third kappa shape index (κ3) is 4.47. The molecule has 0 saturated heterocycles. The van der Waals surface area contributed by atoms with E-state index in [1.165, 1.54) is 0 Å². The number of rotatable bonds is 6. The highest BCUT2D eigenvalue weighted by atomic mass is 16.4. The lowest BCUT2D eigenvalue weighted by molar-refractivity contribution is -0.152. The quantitative estimate of drug-likeness (QED) is 0.560. The third-order valence-corrected chi connectivity index (χ3v) is 1.76. The second-order valence-electron chi connectivity index (χ2n) is 2.90. The number of carboxylic acid groups (broad SMARTS) is 2. The van der Waals surface area contributed by atoms with Gasteiger partial charge in [-0.15, -0.1) is 0 Å². The van der Waals surface area contributed by atoms with Crippen LogP contribution in [0.1, 0.15) is 26.2 Å². The van der Waals surface area contributed by atoms with E-state index in [0.717, 1.165) is 0 Å². The zero-order valence-corrected chi connectivity index (χ0v) is 7.43. The van der Waals surface area contributed by atoms with Gasteiger partial charge in [0.15, 0.2) is 0 Å². The molecule has 0 aromatic carbocycles. The summed E-state index contributed by atoms with van der Waals surface area (Å²) >= 11 is 0. The maximum atomic E-state index is 10.5. The summed E-state index contributed by atoms with van der Waals surface area (Å²) < 4.78 is 0. The summed E-state index contributed by atoms with van der Waals surface area (Å²) in [5.41, 5.74) is 0. The Bertz CT molecular complexity index is 189. The molecule has 2 atom stereocenters. The van der Waals surface area contributed by atoms with Crippen LogP contribution < -0.4 is 0 Å². The van der Waals surface area contributed by atoms with Crippen molar-refractivity contribution in [3.63, 3.8) is 0 Å². The van der Waals surface area contributed by atoms with Crippen molar-refractivity contribution in [1.82, 2.24) is 0 Å². The first kappa shape index (κ1) is 11.9. The molecule has 0 aliphatic heterocycles. The van der Waals surface area contributed by atoms with E-state index < -0.39 is 30.4 Å². The predicted molar refractivity (Wildman–Crippen MR) is 44.3 cm³/mol. The van der Waals surface area contributed by atoms with Gasteiger partial charge in [-0.1, -0.05) is 13.3 Å². The van der Waals surface area contributed by atoms with E-state index in [1.807, 2.05) is 0 Å². The SMILES string of the molecule is CCCC(O)C(CC(=O)O)C(=O)O. The third-order valence-electron chi connectivity index (χ3n) is 1.76. The number of carboxylic acids is 2. The van der Waals surface area contributed by atoms with Crippen molar-refractivity contribution in [2.24, 2.45) is 5.92 Å². The minimum Gasteiger partial charge on any atom is -0.481 e. The minimum atomic E-state index is -1.26. The van der Waals surface area contributed by atoms with Gasteiger partial charge >= 0.3 is 11.9 Å². The maximum Gasteiger partial charge on any atom is 0.309 e. The summed E-state index contributed by atoms with van der Waals surface area (Å²) in [6, 6.07) is 0. The van der Waals surface area contributed by atoms with Gasteiger partial charge in [0.2, 0.25) is 0 Å². The van der Waals surface area contributed by atoms with Gasteiger partial charge in [-0.3, -0.25) is 9.59 Å². The fraction of sp³-hybridized carbons (Fsp3) is 0.750. The van der Waals surface area contributed by atoms with E-state index in [-0.39, 0.29) is 0 Å². The molecule has 0 aliphatic carbocycles. The molecule has 0 aliphatic rings. The highest BCUT2D eigenvalue weighted by Crippen LogP contribution is 2.14. The Labute approximate surface area is 76.0 Å². The molecule has 2 unspecified atom stereocenters. The topological polar surface area (TPSA) is 94.8 Å². The minimum absolute atomic E-state index is 0.310. The first-order valence-electron chi connectivity index (χ1n) is 4.11. The van der Waals surface area contributed by atoms with Gasteiger partial charge in [0.05, 0.1) is 18.4 Å². The van der Waals surface area contributed by atoms with Crippen LogP contribution in [0.15, 0.2) is 0 Å². The van der Waals surface area contributed by atoms with Gasteiger partial charge in [-0.2, -0.15) is 0 Å². The zero-order valence-electron chi connectivity index (χ0n) is 7.43. The van der Waals surface area contributed by atoms with Crippen molar-refractivity contribution < 1.29 is 24.9 Å². The molecular weight excluding hydrogens is 176 g/mol. The molecule has 0 aromatic heterocycles. The van der Waals surface area contributed by atoms with E-state index in [2.05, 4.69) is 0 Å². The van der Waals surface area contributed by atoms with Crippen molar-refractivity contribution in [2.75, 3.05) is 0 Å². The molecule has 13 heavy (non-hydrogen) atoms. The average Bonchev–Trinajstić information content (AvgIpc) is 1.99. The van der Waals surface area contributed by atoms with Crippen LogP contribution in [0.4, 0.5) is 0 Å². The Hall–Kier alpha value is -1.10. The van der Waals surface area contributed by atoms with Crippen LogP contribution in [0.3, 0.4) is 0 Å². The van der Waals surface area contributed by atoms with Gasteiger partial charge in [0.1, 0.15) is 0 Å². The summed E-state index contributed by atoms with van der Waals surface area (Å²) in [4.78, 5) is 20.8. The molecule has 76 valence electrons. The Kier molecular flexibility index (Phi) is 5.06. The molecule has 0 bridgehead atoms. The smallest absolute Gasteiger partial charge is 0.309 e. The summed E-state index contributed by atoms with van der Waals surface area (Å²) in [7, 11) is 0. The van der Waals surface area contributed by atoms with E-state index >= 15 is 0 Å². The van der Waals surface area contributed by atoms with E-state index in [1.54, 1.807) is 6.92 Å². The lowest BCUT2D eigenvalue weighted by atomic mass is 9.95. The molecule has 0 spiro atoms. The van der Waals surface area contributed by atoms with Crippen LogP contribution in [0, 0.1) is 5.92 Å². The number of hydrogen-bond acceptors (Lipinski definition) is 3. The molecule has 0 aromatic rings. The first-order valence-corrected chi connectivity index (χ1v) is 4.11. The van der Waals surface area contributed by atoms with Crippen LogP contribution in [0.5, 0.6) is 0 Å².